The van der Waals surface area contributed by atoms with E-state index in [2.05, 4.69) is 16.9 Å². The summed E-state index contributed by atoms with van der Waals surface area (Å²) in [6.45, 7) is 7.55. The van der Waals surface area contributed by atoms with Crippen LogP contribution in [-0.4, -0.2) is 27.6 Å². The first-order valence-electron chi connectivity index (χ1n) is 6.46. The van der Waals surface area contributed by atoms with Crippen LogP contribution >= 0.6 is 0 Å². The number of ether oxygens (including phenoxy) is 1. The van der Waals surface area contributed by atoms with Crippen molar-refractivity contribution in [3.8, 4) is 0 Å². The molecule has 0 atom stereocenters. The number of halogens is 1. The van der Waals surface area contributed by atoms with Crippen LogP contribution < -0.4 is 0 Å². The Morgan fingerprint density at radius 3 is 2.95 bits per heavy atom. The van der Waals surface area contributed by atoms with E-state index < -0.39 is 5.97 Å². The summed E-state index contributed by atoms with van der Waals surface area (Å²) in [6, 6.07) is 4.56. The molecule has 6 heteroatoms. The van der Waals surface area contributed by atoms with Crippen molar-refractivity contribution in [1.82, 2.24) is 15.0 Å². The van der Waals surface area contributed by atoms with Crippen LogP contribution in [0.2, 0.25) is 0 Å². The summed E-state index contributed by atoms with van der Waals surface area (Å²) in [4.78, 5) is 11.8. The molecule has 1 heterocycles. The second kappa shape index (κ2) is 6.30. The average Bonchev–Trinajstić information content (AvgIpc) is 2.82. The molecule has 0 fully saturated rings. The van der Waals surface area contributed by atoms with Crippen LogP contribution in [-0.2, 0) is 11.3 Å². The van der Waals surface area contributed by atoms with Gasteiger partial charge >= 0.3 is 5.97 Å². The van der Waals surface area contributed by atoms with Gasteiger partial charge in [0.2, 0.25) is 0 Å². The lowest BCUT2D eigenvalue weighted by atomic mass is 10.1. The van der Waals surface area contributed by atoms with Gasteiger partial charge in [0.1, 0.15) is 12.4 Å². The molecule has 0 aliphatic carbocycles. The summed E-state index contributed by atoms with van der Waals surface area (Å²) in [7, 11) is 0. The quantitative estimate of drug-likeness (QED) is 0.626. The smallest absolute Gasteiger partial charge is 0.361 e. The lowest BCUT2D eigenvalue weighted by Crippen LogP contribution is -2.09. The highest BCUT2D eigenvalue weighted by Gasteiger charge is 2.18. The Bertz CT molecular complexity index is 680. The fourth-order valence-electron chi connectivity index (χ4n) is 1.87. The number of rotatable bonds is 5. The molecule has 2 aromatic rings. The number of carbonyl (C=O) groups excluding carboxylic acids is 1. The van der Waals surface area contributed by atoms with Gasteiger partial charge in [-0.15, -0.1) is 5.10 Å². The predicted molar refractivity (Wildman–Crippen MR) is 75.5 cm³/mol. The molecule has 0 amide bonds. The van der Waals surface area contributed by atoms with Crippen molar-refractivity contribution < 1.29 is 13.9 Å². The molecule has 1 aromatic carbocycles. The van der Waals surface area contributed by atoms with Gasteiger partial charge in [0.15, 0.2) is 5.69 Å². The number of esters is 1. The van der Waals surface area contributed by atoms with Crippen molar-refractivity contribution in [2.75, 3.05) is 6.61 Å². The molecule has 1 aromatic heterocycles. The molecular weight excluding hydrogens is 273 g/mol. The number of nitrogens with zero attached hydrogens (tertiary/aromatic N) is 3. The Hall–Kier alpha value is -2.50. The van der Waals surface area contributed by atoms with Gasteiger partial charge in [-0.1, -0.05) is 23.9 Å². The molecule has 110 valence electrons. The van der Waals surface area contributed by atoms with Gasteiger partial charge in [-0.25, -0.2) is 13.9 Å². The minimum absolute atomic E-state index is 0.119. The highest BCUT2D eigenvalue weighted by atomic mass is 19.1. The average molecular weight is 289 g/mol. The van der Waals surface area contributed by atoms with Crippen molar-refractivity contribution in [3.05, 3.63) is 59.2 Å². The normalized spacial score (nSPS) is 10.4. The summed E-state index contributed by atoms with van der Waals surface area (Å²) in [5, 5.41) is 7.76. The van der Waals surface area contributed by atoms with Crippen molar-refractivity contribution >= 4 is 5.97 Å². The molecular formula is C15H16FN3O2. The molecule has 0 spiro atoms. The van der Waals surface area contributed by atoms with Gasteiger partial charge in [0.05, 0.1) is 12.2 Å². The number of carbonyl (C=O) groups is 1. The molecule has 0 N–H and O–H groups in total. The van der Waals surface area contributed by atoms with Crippen LogP contribution in [0.15, 0.2) is 30.9 Å². The summed E-state index contributed by atoms with van der Waals surface area (Å²) in [5.41, 5.74) is 2.47. The lowest BCUT2D eigenvalue weighted by Gasteiger charge is -2.07. The molecule has 0 bridgehead atoms. The van der Waals surface area contributed by atoms with E-state index in [-0.39, 0.29) is 18.1 Å². The van der Waals surface area contributed by atoms with E-state index in [1.54, 1.807) is 17.7 Å². The number of aryl methyl sites for hydroxylation is 1. The SMILES string of the molecule is C=CCOC(=O)c1nnn(Cc2cc(F)ccc2C)c1C. The molecule has 0 aliphatic rings. The van der Waals surface area contributed by atoms with Crippen LogP contribution in [0.4, 0.5) is 4.39 Å². The van der Waals surface area contributed by atoms with E-state index >= 15 is 0 Å². The van der Waals surface area contributed by atoms with Gasteiger partial charge in [-0.2, -0.15) is 0 Å². The largest absolute Gasteiger partial charge is 0.457 e. The second-order valence-electron chi connectivity index (χ2n) is 4.64. The second-order valence-corrected chi connectivity index (χ2v) is 4.64. The van der Waals surface area contributed by atoms with Crippen molar-refractivity contribution in [1.29, 1.82) is 0 Å². The number of hydrogen-bond acceptors (Lipinski definition) is 4. The first-order chi connectivity index (χ1) is 10.0. The highest BCUT2D eigenvalue weighted by molar-refractivity contribution is 5.88. The maximum atomic E-state index is 13.3. The number of aromatic nitrogens is 3. The van der Waals surface area contributed by atoms with E-state index in [9.17, 15) is 9.18 Å². The van der Waals surface area contributed by atoms with Gasteiger partial charge in [0, 0.05) is 0 Å². The summed E-state index contributed by atoms with van der Waals surface area (Å²) < 4.78 is 19.8. The molecule has 5 nitrogen and oxygen atoms in total. The minimum Gasteiger partial charge on any atom is -0.457 e. The topological polar surface area (TPSA) is 57.0 Å². The standard InChI is InChI=1S/C15H16FN3O2/c1-4-7-21-15(20)14-11(3)19(18-17-14)9-12-8-13(16)6-5-10(12)2/h4-6,8H,1,7,9H2,2-3H3. The van der Waals surface area contributed by atoms with Crippen LogP contribution in [0.5, 0.6) is 0 Å². The molecule has 0 radical (unpaired) electrons. The monoisotopic (exact) mass is 289 g/mol. The lowest BCUT2D eigenvalue weighted by molar-refractivity contribution is 0.0542. The third-order valence-corrected chi connectivity index (χ3v) is 3.14. The Morgan fingerprint density at radius 2 is 2.24 bits per heavy atom. The van der Waals surface area contributed by atoms with E-state index in [1.807, 2.05) is 6.92 Å². The molecule has 0 aliphatic heterocycles. The highest BCUT2D eigenvalue weighted by Crippen LogP contribution is 2.14. The number of hydrogen-bond donors (Lipinski definition) is 0. The van der Waals surface area contributed by atoms with Crippen LogP contribution in [0.25, 0.3) is 0 Å². The van der Waals surface area contributed by atoms with Gasteiger partial charge in [-0.3, -0.25) is 0 Å². The molecule has 0 saturated carbocycles. The molecule has 2 rings (SSSR count). The van der Waals surface area contributed by atoms with Gasteiger partial charge in [0.25, 0.3) is 0 Å². The Morgan fingerprint density at radius 1 is 1.48 bits per heavy atom. The number of benzene rings is 1. The predicted octanol–water partition coefficient (Wildman–Crippen LogP) is 2.43. The Balaban J connectivity index is 2.22. The third kappa shape index (κ3) is 3.34. The van der Waals surface area contributed by atoms with Gasteiger partial charge in [-0.05, 0) is 37.1 Å². The van der Waals surface area contributed by atoms with Crippen molar-refractivity contribution in [2.24, 2.45) is 0 Å². The van der Waals surface area contributed by atoms with Crippen molar-refractivity contribution in [2.45, 2.75) is 20.4 Å². The van der Waals surface area contributed by atoms with Crippen LogP contribution in [0, 0.1) is 19.7 Å². The zero-order chi connectivity index (χ0) is 15.4. The maximum absolute atomic E-state index is 13.3. The van der Waals surface area contributed by atoms with E-state index in [0.717, 1.165) is 11.1 Å². The summed E-state index contributed by atoms with van der Waals surface area (Å²) >= 11 is 0. The summed E-state index contributed by atoms with van der Waals surface area (Å²) in [5.74, 6) is -0.853. The van der Waals surface area contributed by atoms with Crippen LogP contribution in [0.3, 0.4) is 0 Å². The fraction of sp³-hybridized carbons (Fsp3) is 0.267. The van der Waals surface area contributed by atoms with E-state index in [4.69, 9.17) is 4.74 Å². The van der Waals surface area contributed by atoms with Crippen molar-refractivity contribution in [3.63, 3.8) is 0 Å². The van der Waals surface area contributed by atoms with E-state index in [1.165, 1.54) is 18.2 Å². The first kappa shape index (κ1) is 14.9. The summed E-state index contributed by atoms with van der Waals surface area (Å²) in [6.07, 6.45) is 1.48. The fourth-order valence-corrected chi connectivity index (χ4v) is 1.87. The maximum Gasteiger partial charge on any atom is 0.361 e. The first-order valence-corrected chi connectivity index (χ1v) is 6.46. The van der Waals surface area contributed by atoms with Crippen LogP contribution in [0.1, 0.15) is 27.3 Å². The molecule has 0 saturated heterocycles. The molecule has 0 unspecified atom stereocenters. The Labute approximate surface area is 122 Å². The minimum atomic E-state index is -0.547. The molecule has 21 heavy (non-hydrogen) atoms. The Kier molecular flexibility index (Phi) is 4.47. The van der Waals surface area contributed by atoms with E-state index in [0.29, 0.717) is 12.2 Å². The zero-order valence-electron chi connectivity index (χ0n) is 12.0. The van der Waals surface area contributed by atoms with Gasteiger partial charge < -0.3 is 4.74 Å². The zero-order valence-corrected chi connectivity index (χ0v) is 12.0. The third-order valence-electron chi connectivity index (χ3n) is 3.14.